The van der Waals surface area contributed by atoms with Gasteiger partial charge in [-0.15, -0.1) is 11.6 Å². The van der Waals surface area contributed by atoms with Gasteiger partial charge in [0, 0.05) is 11.3 Å². The minimum atomic E-state index is -4.40. The minimum absolute atomic E-state index is 0.0591. The van der Waals surface area contributed by atoms with Gasteiger partial charge in [0.2, 0.25) is 0 Å². The van der Waals surface area contributed by atoms with E-state index < -0.39 is 17.7 Å². The Labute approximate surface area is 178 Å². The highest BCUT2D eigenvalue weighted by Crippen LogP contribution is 2.39. The lowest BCUT2D eigenvalue weighted by molar-refractivity contribution is -0.137. The fourth-order valence-electron chi connectivity index (χ4n) is 4.08. The van der Waals surface area contributed by atoms with Crippen LogP contribution in [0.3, 0.4) is 0 Å². The van der Waals surface area contributed by atoms with Crippen LogP contribution in [0.4, 0.5) is 13.2 Å². The van der Waals surface area contributed by atoms with Gasteiger partial charge in [-0.25, -0.2) is 4.79 Å². The van der Waals surface area contributed by atoms with E-state index in [1.165, 1.54) is 12.1 Å². The molecule has 3 nitrogen and oxygen atoms in total. The molecule has 0 amide bonds. The highest BCUT2D eigenvalue weighted by atomic mass is 35.5. The van der Waals surface area contributed by atoms with Crippen molar-refractivity contribution in [3.8, 4) is 5.75 Å². The Bertz CT molecular complexity index is 869. The molecule has 7 heteroatoms. The first kappa shape index (κ1) is 22.5. The Morgan fingerprint density at radius 2 is 1.90 bits per heavy atom. The van der Waals surface area contributed by atoms with Gasteiger partial charge in [-0.2, -0.15) is 13.2 Å². The van der Waals surface area contributed by atoms with Gasteiger partial charge < -0.3 is 9.84 Å². The highest BCUT2D eigenvalue weighted by molar-refractivity contribution is 6.21. The molecule has 162 valence electrons. The van der Waals surface area contributed by atoms with Crippen LogP contribution in [-0.2, 0) is 12.6 Å². The molecule has 0 aromatic heterocycles. The summed E-state index contributed by atoms with van der Waals surface area (Å²) in [4.78, 5) is 11.1. The molecule has 1 N–H and O–H groups in total. The number of hydrogen-bond donors (Lipinski definition) is 1. The first-order valence-electron chi connectivity index (χ1n) is 10.0. The second kappa shape index (κ2) is 9.73. The number of hydrogen-bond acceptors (Lipinski definition) is 2. The zero-order valence-electron chi connectivity index (χ0n) is 16.4. The summed E-state index contributed by atoms with van der Waals surface area (Å²) < 4.78 is 44.3. The molecule has 2 aromatic carbocycles. The summed E-state index contributed by atoms with van der Waals surface area (Å²) in [6.45, 7) is 0.286. The van der Waals surface area contributed by atoms with Gasteiger partial charge in [0.05, 0.1) is 17.7 Å². The lowest BCUT2D eigenvalue weighted by atomic mass is 9.90. The van der Waals surface area contributed by atoms with Crippen molar-refractivity contribution in [2.24, 2.45) is 11.8 Å². The topological polar surface area (TPSA) is 46.5 Å². The summed E-state index contributed by atoms with van der Waals surface area (Å²) >= 11 is 6.47. The van der Waals surface area contributed by atoms with Crippen LogP contribution in [0.1, 0.15) is 47.2 Å². The van der Waals surface area contributed by atoms with Crippen molar-refractivity contribution in [2.75, 3.05) is 6.61 Å². The standard InChI is InChI=1S/C23H24ClF3O3/c24-21-11-10-16(6-1-4-15-5-2-7-17(12-15)22(28)29)20(21)14-30-19-9-3-8-18(13-19)23(25,26)27/h2-3,5,7-9,12-13,16,20-21H,1,4,6,10-11,14H2,(H,28,29)/t16-,20+,21?/m0/s1. The Morgan fingerprint density at radius 3 is 2.63 bits per heavy atom. The van der Waals surface area contributed by atoms with Gasteiger partial charge in [-0.3, -0.25) is 0 Å². The van der Waals surface area contributed by atoms with Crippen LogP contribution in [0.5, 0.6) is 5.75 Å². The Balaban J connectivity index is 1.54. The van der Waals surface area contributed by atoms with Crippen molar-refractivity contribution in [1.29, 1.82) is 0 Å². The number of aromatic carboxylic acids is 1. The Hall–Kier alpha value is -2.21. The molecule has 0 heterocycles. The van der Waals surface area contributed by atoms with E-state index in [4.69, 9.17) is 21.4 Å². The molecule has 3 atom stereocenters. The summed E-state index contributed by atoms with van der Waals surface area (Å²) in [6.07, 6.45) is -0.0141. The molecule has 30 heavy (non-hydrogen) atoms. The van der Waals surface area contributed by atoms with Crippen LogP contribution in [-0.4, -0.2) is 23.1 Å². The van der Waals surface area contributed by atoms with Crippen LogP contribution in [0.2, 0.25) is 0 Å². The predicted molar refractivity (Wildman–Crippen MR) is 109 cm³/mol. The third kappa shape index (κ3) is 5.91. The largest absolute Gasteiger partial charge is 0.493 e. The van der Waals surface area contributed by atoms with Gasteiger partial charge in [0.15, 0.2) is 0 Å². The number of carbonyl (C=O) groups is 1. The quantitative estimate of drug-likeness (QED) is 0.480. The predicted octanol–water partition coefficient (Wildman–Crippen LogP) is 6.44. The lowest BCUT2D eigenvalue weighted by Crippen LogP contribution is -2.23. The second-order valence-corrected chi connectivity index (χ2v) is 8.31. The number of aryl methyl sites for hydroxylation is 1. The van der Waals surface area contributed by atoms with Crippen LogP contribution in [0, 0.1) is 11.8 Å². The fraction of sp³-hybridized carbons (Fsp3) is 0.435. The zero-order chi connectivity index (χ0) is 21.7. The highest BCUT2D eigenvalue weighted by Gasteiger charge is 2.35. The number of carboxylic acid groups (broad SMARTS) is 1. The fourth-order valence-corrected chi connectivity index (χ4v) is 4.48. The molecule has 1 unspecified atom stereocenters. The van der Waals surface area contributed by atoms with E-state index in [1.54, 1.807) is 18.2 Å². The van der Waals surface area contributed by atoms with Crippen LogP contribution < -0.4 is 4.74 Å². The Kier molecular flexibility index (Phi) is 7.29. The van der Waals surface area contributed by atoms with Gasteiger partial charge >= 0.3 is 12.1 Å². The molecule has 0 radical (unpaired) electrons. The summed E-state index contributed by atoms with van der Waals surface area (Å²) in [7, 11) is 0. The molecular weight excluding hydrogens is 417 g/mol. The molecule has 2 aromatic rings. The molecule has 1 aliphatic rings. The van der Waals surface area contributed by atoms with Gasteiger partial charge in [-0.1, -0.05) is 18.2 Å². The summed E-state index contributed by atoms with van der Waals surface area (Å²) in [6, 6.07) is 11.8. The van der Waals surface area contributed by atoms with Crippen molar-refractivity contribution in [3.05, 3.63) is 65.2 Å². The lowest BCUT2D eigenvalue weighted by Gasteiger charge is -2.22. The van der Waals surface area contributed by atoms with Gasteiger partial charge in [0.1, 0.15) is 5.75 Å². The van der Waals surface area contributed by atoms with E-state index in [-0.39, 0.29) is 29.2 Å². The van der Waals surface area contributed by atoms with E-state index in [2.05, 4.69) is 0 Å². The van der Waals surface area contributed by atoms with E-state index >= 15 is 0 Å². The van der Waals surface area contributed by atoms with Crippen molar-refractivity contribution < 1.29 is 27.8 Å². The van der Waals surface area contributed by atoms with Crippen molar-refractivity contribution in [2.45, 2.75) is 43.7 Å². The molecule has 0 saturated heterocycles. The van der Waals surface area contributed by atoms with E-state index in [0.717, 1.165) is 49.8 Å². The Morgan fingerprint density at radius 1 is 1.13 bits per heavy atom. The van der Waals surface area contributed by atoms with Crippen molar-refractivity contribution in [3.63, 3.8) is 0 Å². The molecule has 0 aliphatic heterocycles. The number of rotatable bonds is 8. The average Bonchev–Trinajstić information content (AvgIpc) is 3.06. The molecule has 0 spiro atoms. The first-order valence-corrected chi connectivity index (χ1v) is 10.4. The van der Waals surface area contributed by atoms with Crippen LogP contribution in [0.25, 0.3) is 0 Å². The van der Waals surface area contributed by atoms with Crippen LogP contribution >= 0.6 is 11.6 Å². The van der Waals surface area contributed by atoms with E-state index in [1.807, 2.05) is 6.07 Å². The molecule has 1 saturated carbocycles. The van der Waals surface area contributed by atoms with E-state index in [0.29, 0.717) is 5.92 Å². The normalized spacial score (nSPS) is 21.5. The maximum absolute atomic E-state index is 12.9. The average molecular weight is 441 g/mol. The maximum atomic E-state index is 12.9. The second-order valence-electron chi connectivity index (χ2n) is 7.75. The third-order valence-electron chi connectivity index (χ3n) is 5.70. The first-order chi connectivity index (χ1) is 14.2. The number of alkyl halides is 4. The summed E-state index contributed by atoms with van der Waals surface area (Å²) in [5.41, 5.74) is 0.530. The number of carboxylic acids is 1. The zero-order valence-corrected chi connectivity index (χ0v) is 17.1. The maximum Gasteiger partial charge on any atom is 0.416 e. The SMILES string of the molecule is O=C(O)c1cccc(CCC[C@H]2CCC(Cl)[C@@H]2COc2cccc(C(F)(F)F)c2)c1. The van der Waals surface area contributed by atoms with Crippen molar-refractivity contribution in [1.82, 2.24) is 0 Å². The molecular formula is C23H24ClF3O3. The van der Waals surface area contributed by atoms with Gasteiger partial charge in [0.25, 0.3) is 0 Å². The molecule has 1 fully saturated rings. The number of ether oxygens (including phenoxy) is 1. The monoisotopic (exact) mass is 440 g/mol. The summed E-state index contributed by atoms with van der Waals surface area (Å²) in [5.74, 6) is -0.332. The minimum Gasteiger partial charge on any atom is -0.493 e. The van der Waals surface area contributed by atoms with Crippen molar-refractivity contribution >= 4 is 17.6 Å². The van der Waals surface area contributed by atoms with Crippen LogP contribution in [0.15, 0.2) is 48.5 Å². The summed E-state index contributed by atoms with van der Waals surface area (Å²) in [5, 5.41) is 9.04. The number of benzene rings is 2. The van der Waals surface area contributed by atoms with Gasteiger partial charge in [-0.05, 0) is 73.9 Å². The molecule has 3 rings (SSSR count). The molecule has 0 bridgehead atoms. The third-order valence-corrected chi connectivity index (χ3v) is 6.24. The number of halogens is 4. The van der Waals surface area contributed by atoms with E-state index in [9.17, 15) is 18.0 Å². The molecule has 1 aliphatic carbocycles. The smallest absolute Gasteiger partial charge is 0.416 e.